The molecule has 0 spiro atoms. The smallest absolute Gasteiger partial charge is 0.110 e. The van der Waals surface area contributed by atoms with Gasteiger partial charge < -0.3 is 4.57 Å². The number of hydrogen-bond donors (Lipinski definition) is 0. The van der Waals surface area contributed by atoms with Gasteiger partial charge in [0, 0.05) is 64.1 Å². The lowest BCUT2D eigenvalue weighted by Crippen LogP contribution is -2.27. The van der Waals surface area contributed by atoms with Crippen LogP contribution in [0.5, 0.6) is 0 Å². The normalized spacial score (nSPS) is 19.9. The van der Waals surface area contributed by atoms with Gasteiger partial charge in [-0.05, 0) is 25.9 Å². The van der Waals surface area contributed by atoms with Crippen LogP contribution in [0.4, 0.5) is 0 Å². The van der Waals surface area contributed by atoms with Crippen molar-refractivity contribution in [2.24, 2.45) is 7.05 Å². The Kier molecular flexibility index (Phi) is 4.18. The summed E-state index contributed by atoms with van der Waals surface area (Å²) in [6, 6.07) is 0. The minimum atomic E-state index is 0.986. The summed E-state index contributed by atoms with van der Waals surface area (Å²) >= 11 is 0. The topological polar surface area (TPSA) is 42.1 Å². The van der Waals surface area contributed by atoms with Crippen LogP contribution in [-0.4, -0.2) is 55.3 Å². The van der Waals surface area contributed by atoms with E-state index in [9.17, 15) is 0 Å². The van der Waals surface area contributed by atoms with E-state index in [0.717, 1.165) is 39.1 Å². The maximum absolute atomic E-state index is 4.70. The molecule has 0 saturated carbocycles. The van der Waals surface area contributed by atoms with Crippen molar-refractivity contribution in [3.8, 4) is 0 Å². The van der Waals surface area contributed by atoms with Crippen molar-refractivity contribution in [2.45, 2.75) is 38.9 Å². The second-order valence-electron chi connectivity index (χ2n) is 6.85. The molecule has 0 unspecified atom stereocenters. The Balaban J connectivity index is 1.41. The molecule has 0 radical (unpaired) electrons. The minimum absolute atomic E-state index is 0.986. The molecular formula is C17H26N6. The molecule has 4 rings (SSSR count). The Hall–Kier alpha value is -1.66. The Morgan fingerprint density at radius 2 is 1.78 bits per heavy atom. The molecule has 23 heavy (non-hydrogen) atoms. The molecule has 2 aliphatic rings. The minimum Gasteiger partial charge on any atom is -0.329 e. The van der Waals surface area contributed by atoms with E-state index < -0.39 is 0 Å². The summed E-state index contributed by atoms with van der Waals surface area (Å²) in [5, 5.41) is 4.27. The van der Waals surface area contributed by atoms with Crippen molar-refractivity contribution in [3.63, 3.8) is 0 Å². The molecule has 0 aliphatic carbocycles. The molecule has 0 bridgehead atoms. The van der Waals surface area contributed by atoms with Crippen molar-refractivity contribution < 1.29 is 0 Å². The molecule has 124 valence electrons. The molecule has 1 saturated heterocycles. The number of aryl methyl sites for hydroxylation is 1. The second kappa shape index (κ2) is 6.45. The second-order valence-corrected chi connectivity index (χ2v) is 6.85. The van der Waals surface area contributed by atoms with Crippen LogP contribution in [0.1, 0.15) is 29.9 Å². The first-order valence-electron chi connectivity index (χ1n) is 8.73. The highest BCUT2D eigenvalue weighted by Crippen LogP contribution is 2.17. The van der Waals surface area contributed by atoms with E-state index in [1.54, 1.807) is 0 Å². The number of likely N-dealkylation sites (tertiary alicyclic amines) is 1. The Morgan fingerprint density at radius 1 is 0.957 bits per heavy atom. The van der Waals surface area contributed by atoms with E-state index in [1.165, 1.54) is 43.0 Å². The number of rotatable bonds is 4. The van der Waals surface area contributed by atoms with Crippen LogP contribution in [-0.2, 0) is 33.1 Å². The molecule has 6 heteroatoms. The largest absolute Gasteiger partial charge is 0.329 e. The quantitative estimate of drug-likeness (QED) is 0.852. The van der Waals surface area contributed by atoms with Gasteiger partial charge in [-0.15, -0.1) is 0 Å². The van der Waals surface area contributed by atoms with Crippen LogP contribution < -0.4 is 0 Å². The first kappa shape index (κ1) is 14.9. The summed E-state index contributed by atoms with van der Waals surface area (Å²) in [5.74, 6) is 1.26. The lowest BCUT2D eigenvalue weighted by atomic mass is 10.3. The lowest BCUT2D eigenvalue weighted by molar-refractivity contribution is 0.268. The molecular weight excluding hydrogens is 288 g/mol. The third kappa shape index (κ3) is 3.33. The van der Waals surface area contributed by atoms with Gasteiger partial charge >= 0.3 is 0 Å². The summed E-state index contributed by atoms with van der Waals surface area (Å²) in [5.41, 5.74) is 2.69. The number of imidazole rings is 1. The van der Waals surface area contributed by atoms with Crippen LogP contribution >= 0.6 is 0 Å². The van der Waals surface area contributed by atoms with Crippen LogP contribution in [0.15, 0.2) is 18.6 Å². The zero-order valence-corrected chi connectivity index (χ0v) is 14.0. The monoisotopic (exact) mass is 314 g/mol. The maximum atomic E-state index is 4.70. The fraction of sp³-hybridized carbons (Fsp3) is 0.647. The molecule has 4 heterocycles. The van der Waals surface area contributed by atoms with Gasteiger partial charge in [0.1, 0.15) is 5.82 Å². The number of aromatic nitrogens is 4. The van der Waals surface area contributed by atoms with Gasteiger partial charge in [0.15, 0.2) is 0 Å². The summed E-state index contributed by atoms with van der Waals surface area (Å²) in [6.07, 6.45) is 9.93. The van der Waals surface area contributed by atoms with E-state index in [-0.39, 0.29) is 0 Å². The Morgan fingerprint density at radius 3 is 2.57 bits per heavy atom. The molecule has 2 aliphatic heterocycles. The molecule has 0 N–H and O–H groups in total. The molecule has 0 aromatic carbocycles. The fourth-order valence-electron chi connectivity index (χ4n) is 3.80. The SMILES string of the molecule is Cn1cc(CN2CCc3ncc(CN4CCCC4)n3CC2)cn1. The van der Waals surface area contributed by atoms with Crippen molar-refractivity contribution in [1.82, 2.24) is 29.1 Å². The van der Waals surface area contributed by atoms with Crippen molar-refractivity contribution >= 4 is 0 Å². The number of fused-ring (bicyclic) bond motifs is 1. The highest BCUT2D eigenvalue weighted by atomic mass is 15.3. The van der Waals surface area contributed by atoms with Crippen LogP contribution in [0.2, 0.25) is 0 Å². The fourth-order valence-corrected chi connectivity index (χ4v) is 3.80. The average molecular weight is 314 g/mol. The van der Waals surface area contributed by atoms with E-state index >= 15 is 0 Å². The van der Waals surface area contributed by atoms with Gasteiger partial charge in [0.05, 0.1) is 11.9 Å². The van der Waals surface area contributed by atoms with Crippen LogP contribution in [0.3, 0.4) is 0 Å². The van der Waals surface area contributed by atoms with E-state index in [0.29, 0.717) is 0 Å². The van der Waals surface area contributed by atoms with Gasteiger partial charge in [0.25, 0.3) is 0 Å². The molecule has 2 aromatic rings. The molecule has 0 atom stereocenters. The van der Waals surface area contributed by atoms with Gasteiger partial charge in [-0.25, -0.2) is 4.98 Å². The van der Waals surface area contributed by atoms with Gasteiger partial charge in [-0.1, -0.05) is 0 Å². The zero-order chi connectivity index (χ0) is 15.6. The molecule has 6 nitrogen and oxygen atoms in total. The van der Waals surface area contributed by atoms with Gasteiger partial charge in [-0.2, -0.15) is 5.10 Å². The highest BCUT2D eigenvalue weighted by Gasteiger charge is 2.20. The maximum Gasteiger partial charge on any atom is 0.110 e. The van der Waals surface area contributed by atoms with E-state index in [1.807, 2.05) is 17.9 Å². The Bertz CT molecular complexity index is 652. The van der Waals surface area contributed by atoms with E-state index in [2.05, 4.69) is 31.9 Å². The third-order valence-electron chi connectivity index (χ3n) is 5.06. The van der Waals surface area contributed by atoms with Crippen LogP contribution in [0, 0.1) is 0 Å². The standard InChI is InChI=1S/C17H26N6/c1-20-12-15(10-19-20)13-22-7-4-17-18-11-16(23(17)9-8-22)14-21-5-2-3-6-21/h10-12H,2-9,13-14H2,1H3. The zero-order valence-electron chi connectivity index (χ0n) is 14.0. The van der Waals surface area contributed by atoms with Crippen molar-refractivity contribution in [2.75, 3.05) is 26.2 Å². The molecule has 0 amide bonds. The van der Waals surface area contributed by atoms with Gasteiger partial charge in [-0.3, -0.25) is 14.5 Å². The molecule has 2 aromatic heterocycles. The van der Waals surface area contributed by atoms with Crippen LogP contribution in [0.25, 0.3) is 0 Å². The summed E-state index contributed by atoms with van der Waals surface area (Å²) in [4.78, 5) is 9.77. The summed E-state index contributed by atoms with van der Waals surface area (Å²) in [7, 11) is 1.98. The predicted octanol–water partition coefficient (Wildman–Crippen LogP) is 1.27. The highest BCUT2D eigenvalue weighted by molar-refractivity contribution is 5.09. The van der Waals surface area contributed by atoms with Crippen molar-refractivity contribution in [3.05, 3.63) is 35.7 Å². The first-order chi connectivity index (χ1) is 11.3. The summed E-state index contributed by atoms with van der Waals surface area (Å²) < 4.78 is 4.34. The number of nitrogens with zero attached hydrogens (tertiary/aromatic N) is 6. The predicted molar refractivity (Wildman–Crippen MR) is 88.9 cm³/mol. The average Bonchev–Trinajstić information content (AvgIpc) is 3.24. The first-order valence-corrected chi connectivity index (χ1v) is 8.73. The van der Waals surface area contributed by atoms with E-state index in [4.69, 9.17) is 4.98 Å². The number of hydrogen-bond acceptors (Lipinski definition) is 4. The van der Waals surface area contributed by atoms with Gasteiger partial charge in [0.2, 0.25) is 0 Å². The summed E-state index contributed by atoms with van der Waals surface area (Å²) in [6.45, 7) is 7.76. The molecule has 1 fully saturated rings. The Labute approximate surface area is 137 Å². The third-order valence-corrected chi connectivity index (χ3v) is 5.06. The lowest BCUT2D eigenvalue weighted by Gasteiger charge is -2.19. The van der Waals surface area contributed by atoms with Crippen molar-refractivity contribution in [1.29, 1.82) is 0 Å².